The first-order chi connectivity index (χ1) is 9.82. The highest BCUT2D eigenvalue weighted by Gasteiger charge is 2.15. The average molecular weight is 284 g/mol. The molecule has 0 saturated heterocycles. The molecule has 0 amide bonds. The van der Waals surface area contributed by atoms with Crippen LogP contribution >= 0.6 is 0 Å². The second-order valence-corrected chi connectivity index (χ2v) is 6.05. The summed E-state index contributed by atoms with van der Waals surface area (Å²) >= 11 is 0. The molecule has 110 valence electrons. The number of carbonyl (C=O) groups is 1. The minimum atomic E-state index is -0.986. The fourth-order valence-electron chi connectivity index (χ4n) is 2.22. The molecule has 0 aliphatic rings. The largest absolute Gasteiger partial charge is 0.496 e. The minimum Gasteiger partial charge on any atom is -0.496 e. The highest BCUT2D eigenvalue weighted by molar-refractivity contribution is 5.92. The molecule has 21 heavy (non-hydrogen) atoms. The molecular weight excluding hydrogens is 264 g/mol. The van der Waals surface area contributed by atoms with Gasteiger partial charge in [0, 0.05) is 0 Å². The van der Waals surface area contributed by atoms with Crippen molar-refractivity contribution in [2.75, 3.05) is 7.11 Å². The van der Waals surface area contributed by atoms with E-state index in [1.54, 1.807) is 12.1 Å². The summed E-state index contributed by atoms with van der Waals surface area (Å²) in [6.07, 6.45) is 0. The number of rotatable bonds is 3. The van der Waals surface area contributed by atoms with E-state index in [2.05, 4.69) is 32.9 Å². The van der Waals surface area contributed by atoms with Gasteiger partial charge in [0.05, 0.1) is 7.11 Å². The summed E-state index contributed by atoms with van der Waals surface area (Å²) < 4.78 is 5.08. The van der Waals surface area contributed by atoms with E-state index in [9.17, 15) is 9.90 Å². The SMILES string of the molecule is COc1ccc(-c2ccc(C(C)(C)C)cc2)cc1C(=O)O. The number of hydrogen-bond donors (Lipinski definition) is 1. The van der Waals surface area contributed by atoms with E-state index >= 15 is 0 Å². The van der Waals surface area contributed by atoms with Gasteiger partial charge in [0.15, 0.2) is 0 Å². The third-order valence-electron chi connectivity index (χ3n) is 3.51. The number of hydrogen-bond acceptors (Lipinski definition) is 2. The molecule has 0 aromatic heterocycles. The minimum absolute atomic E-state index is 0.102. The molecule has 0 spiro atoms. The highest BCUT2D eigenvalue weighted by atomic mass is 16.5. The maximum absolute atomic E-state index is 11.3. The molecule has 2 rings (SSSR count). The molecule has 2 aromatic rings. The summed E-state index contributed by atoms with van der Waals surface area (Å²) in [5.41, 5.74) is 3.39. The third-order valence-corrected chi connectivity index (χ3v) is 3.51. The van der Waals surface area contributed by atoms with Crippen LogP contribution in [0.25, 0.3) is 11.1 Å². The van der Waals surface area contributed by atoms with Crippen molar-refractivity contribution in [3.8, 4) is 16.9 Å². The van der Waals surface area contributed by atoms with E-state index in [1.807, 2.05) is 18.2 Å². The van der Waals surface area contributed by atoms with Crippen molar-refractivity contribution in [2.45, 2.75) is 26.2 Å². The van der Waals surface area contributed by atoms with Crippen molar-refractivity contribution >= 4 is 5.97 Å². The van der Waals surface area contributed by atoms with Gasteiger partial charge >= 0.3 is 5.97 Å². The second kappa shape index (κ2) is 5.60. The summed E-state index contributed by atoms with van der Waals surface area (Å²) in [6.45, 7) is 6.49. The summed E-state index contributed by atoms with van der Waals surface area (Å²) in [4.78, 5) is 11.3. The lowest BCUT2D eigenvalue weighted by Crippen LogP contribution is -2.10. The van der Waals surface area contributed by atoms with Crippen LogP contribution < -0.4 is 4.74 Å². The van der Waals surface area contributed by atoms with Crippen molar-refractivity contribution in [2.24, 2.45) is 0 Å². The molecule has 0 heterocycles. The lowest BCUT2D eigenvalue weighted by Gasteiger charge is -2.19. The fourth-order valence-corrected chi connectivity index (χ4v) is 2.22. The molecule has 3 heteroatoms. The van der Waals surface area contributed by atoms with Gasteiger partial charge in [0.25, 0.3) is 0 Å². The van der Waals surface area contributed by atoms with Crippen LogP contribution in [-0.2, 0) is 5.41 Å². The molecule has 0 aliphatic heterocycles. The standard InChI is InChI=1S/C18H20O3/c1-18(2,3)14-8-5-12(6-9-14)13-7-10-16(21-4)15(11-13)17(19)20/h5-11H,1-4H3,(H,19,20). The van der Waals surface area contributed by atoms with E-state index in [-0.39, 0.29) is 11.0 Å². The van der Waals surface area contributed by atoms with E-state index in [0.717, 1.165) is 11.1 Å². The number of ether oxygens (including phenoxy) is 1. The van der Waals surface area contributed by atoms with Gasteiger partial charge < -0.3 is 9.84 Å². The lowest BCUT2D eigenvalue weighted by atomic mass is 9.86. The van der Waals surface area contributed by atoms with Gasteiger partial charge in [-0.05, 0) is 34.2 Å². The van der Waals surface area contributed by atoms with Crippen LogP contribution in [-0.4, -0.2) is 18.2 Å². The Balaban J connectivity index is 2.43. The van der Waals surface area contributed by atoms with Gasteiger partial charge in [-0.2, -0.15) is 0 Å². The normalized spacial score (nSPS) is 11.2. The zero-order valence-electron chi connectivity index (χ0n) is 12.8. The summed E-state index contributed by atoms with van der Waals surface area (Å²) in [5, 5.41) is 9.24. The van der Waals surface area contributed by atoms with Crippen LogP contribution in [0.1, 0.15) is 36.7 Å². The number of carboxylic acid groups (broad SMARTS) is 1. The van der Waals surface area contributed by atoms with Crippen LogP contribution in [0.15, 0.2) is 42.5 Å². The fraction of sp³-hybridized carbons (Fsp3) is 0.278. The first kappa shape index (κ1) is 15.1. The molecule has 0 aliphatic carbocycles. The summed E-state index contributed by atoms with van der Waals surface area (Å²) in [7, 11) is 1.47. The maximum atomic E-state index is 11.3. The van der Waals surface area contributed by atoms with Gasteiger partial charge in [-0.15, -0.1) is 0 Å². The number of benzene rings is 2. The van der Waals surface area contributed by atoms with Crippen molar-refractivity contribution in [3.63, 3.8) is 0 Å². The molecule has 3 nitrogen and oxygen atoms in total. The summed E-state index contributed by atoms with van der Waals surface area (Å²) in [5.74, 6) is -0.613. The second-order valence-electron chi connectivity index (χ2n) is 6.05. The Kier molecular flexibility index (Phi) is 4.03. The van der Waals surface area contributed by atoms with Gasteiger partial charge in [-0.25, -0.2) is 4.79 Å². The van der Waals surface area contributed by atoms with Gasteiger partial charge in [0.1, 0.15) is 11.3 Å². The first-order valence-corrected chi connectivity index (χ1v) is 6.85. The third kappa shape index (κ3) is 3.24. The Hall–Kier alpha value is -2.29. The summed E-state index contributed by atoms with van der Waals surface area (Å²) in [6, 6.07) is 13.4. The van der Waals surface area contributed by atoms with Gasteiger partial charge in [-0.1, -0.05) is 51.1 Å². The predicted octanol–water partition coefficient (Wildman–Crippen LogP) is 4.36. The highest BCUT2D eigenvalue weighted by Crippen LogP contribution is 2.29. The van der Waals surface area contributed by atoms with Crippen molar-refractivity contribution in [3.05, 3.63) is 53.6 Å². The molecule has 0 bridgehead atoms. The van der Waals surface area contributed by atoms with Gasteiger partial charge in [0.2, 0.25) is 0 Å². The predicted molar refractivity (Wildman–Crippen MR) is 84.1 cm³/mol. The van der Waals surface area contributed by atoms with Crippen LogP contribution in [0.3, 0.4) is 0 Å². The number of aromatic carboxylic acids is 1. The zero-order chi connectivity index (χ0) is 15.6. The molecule has 0 saturated carbocycles. The average Bonchev–Trinajstić information content (AvgIpc) is 2.45. The monoisotopic (exact) mass is 284 g/mol. The number of methoxy groups -OCH3 is 1. The molecule has 1 N–H and O–H groups in total. The van der Waals surface area contributed by atoms with Gasteiger partial charge in [-0.3, -0.25) is 0 Å². The van der Waals surface area contributed by atoms with E-state index < -0.39 is 5.97 Å². The Labute approximate surface area is 125 Å². The Morgan fingerprint density at radius 3 is 2.05 bits per heavy atom. The first-order valence-electron chi connectivity index (χ1n) is 6.85. The van der Waals surface area contributed by atoms with Crippen LogP contribution in [0.4, 0.5) is 0 Å². The van der Waals surface area contributed by atoms with Crippen molar-refractivity contribution < 1.29 is 14.6 Å². The van der Waals surface area contributed by atoms with E-state index in [4.69, 9.17) is 4.74 Å². The quantitative estimate of drug-likeness (QED) is 0.911. The maximum Gasteiger partial charge on any atom is 0.339 e. The topological polar surface area (TPSA) is 46.5 Å². The van der Waals surface area contributed by atoms with Crippen LogP contribution in [0.2, 0.25) is 0 Å². The lowest BCUT2D eigenvalue weighted by molar-refractivity contribution is 0.0693. The number of carboxylic acids is 1. The molecular formula is C18H20O3. The van der Waals surface area contributed by atoms with Crippen molar-refractivity contribution in [1.29, 1.82) is 0 Å². The van der Waals surface area contributed by atoms with Crippen molar-refractivity contribution in [1.82, 2.24) is 0 Å². The smallest absolute Gasteiger partial charge is 0.339 e. The molecule has 2 aromatic carbocycles. The molecule has 0 fully saturated rings. The van der Waals surface area contributed by atoms with E-state index in [0.29, 0.717) is 5.75 Å². The molecule has 0 radical (unpaired) electrons. The van der Waals surface area contributed by atoms with Crippen LogP contribution in [0.5, 0.6) is 5.75 Å². The molecule has 0 atom stereocenters. The molecule has 0 unspecified atom stereocenters. The Morgan fingerprint density at radius 1 is 1.00 bits per heavy atom. The Morgan fingerprint density at radius 2 is 1.57 bits per heavy atom. The van der Waals surface area contributed by atoms with E-state index in [1.165, 1.54) is 12.7 Å². The van der Waals surface area contributed by atoms with Crippen LogP contribution in [0, 0.1) is 0 Å². The Bertz CT molecular complexity index is 649. The zero-order valence-corrected chi connectivity index (χ0v) is 12.8.